The maximum atomic E-state index is 12.3. The Labute approximate surface area is 241 Å². The monoisotopic (exact) mass is 694 g/mol. The molecule has 10 nitrogen and oxygen atoms in total. The number of rotatable bonds is 10. The van der Waals surface area contributed by atoms with Crippen molar-refractivity contribution in [3.63, 3.8) is 0 Å². The molecule has 38 heavy (non-hydrogen) atoms. The molecule has 198 valence electrons. The van der Waals surface area contributed by atoms with Crippen LogP contribution in [0.3, 0.4) is 0 Å². The van der Waals surface area contributed by atoms with E-state index < -0.39 is 11.8 Å². The summed E-state index contributed by atoms with van der Waals surface area (Å²) in [4.78, 5) is 36.7. The normalized spacial score (nSPS) is 10.5. The summed E-state index contributed by atoms with van der Waals surface area (Å²) in [5.41, 5.74) is 3.77. The summed E-state index contributed by atoms with van der Waals surface area (Å²) in [5, 5.41) is 9.10. The van der Waals surface area contributed by atoms with E-state index in [4.69, 9.17) is 14.2 Å². The number of benzene rings is 3. The van der Waals surface area contributed by atoms with Gasteiger partial charge in [-0.05, 0) is 83.6 Å². The van der Waals surface area contributed by atoms with Crippen LogP contribution in [0.5, 0.6) is 17.2 Å². The van der Waals surface area contributed by atoms with Gasteiger partial charge in [-0.25, -0.2) is 5.43 Å². The quantitative estimate of drug-likeness (QED) is 0.124. The second-order valence-electron chi connectivity index (χ2n) is 7.46. The topological polar surface area (TPSA) is 127 Å². The van der Waals surface area contributed by atoms with E-state index in [9.17, 15) is 14.4 Å². The summed E-state index contributed by atoms with van der Waals surface area (Å²) in [6.07, 6.45) is 1.36. The Morgan fingerprint density at radius 3 is 2.42 bits per heavy atom. The Morgan fingerprint density at radius 1 is 0.974 bits per heavy atom. The molecule has 0 saturated carbocycles. The van der Waals surface area contributed by atoms with E-state index in [-0.39, 0.29) is 12.5 Å². The fraction of sp³-hybridized carbons (Fsp3) is 0.154. The summed E-state index contributed by atoms with van der Waals surface area (Å²) >= 11 is 5.39. The van der Waals surface area contributed by atoms with Crippen molar-refractivity contribution >= 4 is 73.8 Å². The fourth-order valence-electron chi connectivity index (χ4n) is 3.07. The molecule has 0 atom stereocenters. The molecule has 3 N–H and O–H groups in total. The SMILES string of the molecule is CCOc1ccccc1NC(=O)C(=O)N/N=C\c1cc(I)c(OCC(=O)Nc2ccc(Br)cc2)c(OC)c1. The van der Waals surface area contributed by atoms with Crippen LogP contribution >= 0.6 is 38.5 Å². The third-order valence-corrected chi connectivity index (χ3v) is 6.08. The highest BCUT2D eigenvalue weighted by Gasteiger charge is 2.16. The summed E-state index contributed by atoms with van der Waals surface area (Å²) in [6.45, 7) is 2.00. The molecular formula is C26H24BrIN4O6. The molecule has 0 saturated heterocycles. The van der Waals surface area contributed by atoms with Gasteiger partial charge in [0.2, 0.25) is 0 Å². The molecule has 0 heterocycles. The number of amides is 3. The number of methoxy groups -OCH3 is 1. The van der Waals surface area contributed by atoms with Gasteiger partial charge >= 0.3 is 11.8 Å². The molecule has 0 bridgehead atoms. The van der Waals surface area contributed by atoms with E-state index in [0.29, 0.717) is 44.4 Å². The minimum absolute atomic E-state index is 0.229. The molecule has 3 amide bonds. The smallest absolute Gasteiger partial charge is 0.329 e. The van der Waals surface area contributed by atoms with Crippen LogP contribution in [0.1, 0.15) is 12.5 Å². The third-order valence-electron chi connectivity index (χ3n) is 4.75. The van der Waals surface area contributed by atoms with E-state index in [1.54, 1.807) is 48.5 Å². The maximum absolute atomic E-state index is 12.3. The molecule has 12 heteroatoms. The minimum atomic E-state index is -0.953. The van der Waals surface area contributed by atoms with Crippen molar-refractivity contribution in [1.82, 2.24) is 5.43 Å². The van der Waals surface area contributed by atoms with Crippen LogP contribution in [0.4, 0.5) is 11.4 Å². The van der Waals surface area contributed by atoms with Gasteiger partial charge in [-0.3, -0.25) is 14.4 Å². The predicted octanol–water partition coefficient (Wildman–Crippen LogP) is 4.57. The van der Waals surface area contributed by atoms with Gasteiger partial charge < -0.3 is 24.8 Å². The molecule has 0 aliphatic carbocycles. The summed E-state index contributed by atoms with van der Waals surface area (Å²) in [7, 11) is 1.47. The van der Waals surface area contributed by atoms with Crippen LogP contribution in [0.25, 0.3) is 0 Å². The first kappa shape index (κ1) is 28.9. The fourth-order valence-corrected chi connectivity index (χ4v) is 4.11. The Hall–Kier alpha value is -3.65. The zero-order valence-electron chi connectivity index (χ0n) is 20.4. The number of hydrazone groups is 1. The molecular weight excluding hydrogens is 671 g/mol. The molecule has 0 spiro atoms. The van der Waals surface area contributed by atoms with Crippen LogP contribution in [0.2, 0.25) is 0 Å². The van der Waals surface area contributed by atoms with Gasteiger partial charge in [0.05, 0.1) is 29.2 Å². The number of hydrogen-bond acceptors (Lipinski definition) is 7. The summed E-state index contributed by atoms with van der Waals surface area (Å²) in [6, 6.07) is 17.3. The highest BCUT2D eigenvalue weighted by molar-refractivity contribution is 14.1. The highest BCUT2D eigenvalue weighted by atomic mass is 127. The summed E-state index contributed by atoms with van der Waals surface area (Å²) in [5.74, 6) is -0.980. The predicted molar refractivity (Wildman–Crippen MR) is 156 cm³/mol. The lowest BCUT2D eigenvalue weighted by molar-refractivity contribution is -0.136. The molecule has 3 aromatic rings. The first-order valence-corrected chi connectivity index (χ1v) is 13.1. The standard InChI is InChI=1S/C26H24BrIN4O6/c1-3-37-21-7-5-4-6-20(21)31-25(34)26(35)32-29-14-16-12-19(28)24(22(13-16)36-2)38-15-23(33)30-18-10-8-17(27)9-11-18/h4-14H,3,15H2,1-2H3,(H,30,33)(H,31,34)(H,32,35)/b29-14-. The van der Waals surface area contributed by atoms with Crippen LogP contribution in [-0.4, -0.2) is 44.3 Å². The second-order valence-corrected chi connectivity index (χ2v) is 9.54. The lowest BCUT2D eigenvalue weighted by atomic mass is 10.2. The van der Waals surface area contributed by atoms with Crippen molar-refractivity contribution in [3.8, 4) is 17.2 Å². The van der Waals surface area contributed by atoms with Crippen LogP contribution in [-0.2, 0) is 14.4 Å². The number of anilines is 2. The van der Waals surface area contributed by atoms with Gasteiger partial charge in [0.1, 0.15) is 5.75 Å². The summed E-state index contributed by atoms with van der Waals surface area (Å²) < 4.78 is 18.1. The second kappa shape index (κ2) is 14.3. The van der Waals surface area contributed by atoms with E-state index in [2.05, 4.69) is 37.1 Å². The molecule has 0 unspecified atom stereocenters. The number of para-hydroxylation sites is 2. The Balaban J connectivity index is 1.58. The van der Waals surface area contributed by atoms with E-state index in [1.807, 2.05) is 41.6 Å². The van der Waals surface area contributed by atoms with Crippen LogP contribution in [0, 0.1) is 3.57 Å². The highest BCUT2D eigenvalue weighted by Crippen LogP contribution is 2.33. The Morgan fingerprint density at radius 2 is 1.71 bits per heavy atom. The Kier molecular flexibility index (Phi) is 10.9. The number of nitrogens with zero attached hydrogens (tertiary/aromatic N) is 1. The van der Waals surface area contributed by atoms with Crippen LogP contribution in [0.15, 0.2) is 70.2 Å². The average Bonchev–Trinajstić information content (AvgIpc) is 2.90. The van der Waals surface area contributed by atoms with Gasteiger partial charge in [0, 0.05) is 10.2 Å². The zero-order valence-corrected chi connectivity index (χ0v) is 24.2. The van der Waals surface area contributed by atoms with Gasteiger partial charge in [0.25, 0.3) is 5.91 Å². The van der Waals surface area contributed by atoms with Gasteiger partial charge in [0.15, 0.2) is 18.1 Å². The molecule has 3 rings (SSSR count). The number of carbonyl (C=O) groups excluding carboxylic acids is 3. The van der Waals surface area contributed by atoms with Crippen molar-refractivity contribution in [2.45, 2.75) is 6.92 Å². The molecule has 3 aromatic carbocycles. The largest absolute Gasteiger partial charge is 0.493 e. The third kappa shape index (κ3) is 8.45. The molecule has 0 aliphatic rings. The number of nitrogens with one attached hydrogen (secondary N) is 3. The molecule has 0 aromatic heterocycles. The van der Waals surface area contributed by atoms with Crippen LogP contribution < -0.4 is 30.3 Å². The first-order valence-electron chi connectivity index (χ1n) is 11.2. The lowest BCUT2D eigenvalue weighted by Gasteiger charge is -2.13. The van der Waals surface area contributed by atoms with Gasteiger partial charge in [-0.15, -0.1) is 0 Å². The van der Waals surface area contributed by atoms with Crippen molar-refractivity contribution in [2.24, 2.45) is 5.10 Å². The molecule has 0 radical (unpaired) electrons. The van der Waals surface area contributed by atoms with E-state index >= 15 is 0 Å². The van der Waals surface area contributed by atoms with Crippen molar-refractivity contribution in [2.75, 3.05) is 31.0 Å². The van der Waals surface area contributed by atoms with Gasteiger partial charge in [-0.1, -0.05) is 28.1 Å². The minimum Gasteiger partial charge on any atom is -0.493 e. The van der Waals surface area contributed by atoms with E-state index in [1.165, 1.54) is 13.3 Å². The van der Waals surface area contributed by atoms with Crippen molar-refractivity contribution in [1.29, 1.82) is 0 Å². The lowest BCUT2D eigenvalue weighted by Crippen LogP contribution is -2.32. The zero-order chi connectivity index (χ0) is 27.5. The van der Waals surface area contributed by atoms with Crippen molar-refractivity contribution < 1.29 is 28.6 Å². The number of hydrogen-bond donors (Lipinski definition) is 3. The number of ether oxygens (including phenoxy) is 3. The number of carbonyl (C=O) groups is 3. The van der Waals surface area contributed by atoms with Crippen molar-refractivity contribution in [3.05, 3.63) is 74.3 Å². The van der Waals surface area contributed by atoms with Gasteiger partial charge in [-0.2, -0.15) is 5.10 Å². The number of halogens is 2. The maximum Gasteiger partial charge on any atom is 0.329 e. The molecule has 0 aliphatic heterocycles. The Bertz CT molecular complexity index is 1330. The first-order chi connectivity index (χ1) is 18.3. The average molecular weight is 695 g/mol. The molecule has 0 fully saturated rings. The van der Waals surface area contributed by atoms with E-state index in [0.717, 1.165) is 4.47 Å².